The zero-order valence-electron chi connectivity index (χ0n) is 12.7. The summed E-state index contributed by atoms with van der Waals surface area (Å²) < 4.78 is 4.83. The molecular formula is C14H10N4O8. The van der Waals surface area contributed by atoms with Gasteiger partial charge in [-0.3, -0.25) is 0 Å². The van der Waals surface area contributed by atoms with E-state index in [2.05, 4.69) is 10.4 Å². The van der Waals surface area contributed by atoms with Crippen molar-refractivity contribution >= 4 is 34.7 Å². The highest BCUT2D eigenvalue weighted by Gasteiger charge is 2.25. The first-order valence-electron chi connectivity index (χ1n) is 6.61. The van der Waals surface area contributed by atoms with Crippen LogP contribution in [0.15, 0.2) is 28.6 Å². The summed E-state index contributed by atoms with van der Waals surface area (Å²) in [7, 11) is 0. The number of hydrogen-bond acceptors (Lipinski definition) is 11. The second kappa shape index (κ2) is 6.72. The predicted octanol–water partition coefficient (Wildman–Crippen LogP) is 1.98. The van der Waals surface area contributed by atoms with Gasteiger partial charge in [0.15, 0.2) is 22.9 Å². The van der Waals surface area contributed by atoms with E-state index >= 15 is 0 Å². The first-order valence-corrected chi connectivity index (χ1v) is 6.61. The number of nitrogens with zero attached hydrogens (tertiary/aromatic N) is 2. The zero-order valence-corrected chi connectivity index (χ0v) is 12.7. The lowest BCUT2D eigenvalue weighted by Crippen LogP contribution is -2.12. The largest absolute Gasteiger partial charge is 0.505 e. The molecule has 0 radical (unpaired) electrons. The highest BCUT2D eigenvalue weighted by atomic mass is 16.5. The Bertz CT molecular complexity index is 957. The van der Waals surface area contributed by atoms with Gasteiger partial charge in [-0.05, 0) is 28.6 Å². The van der Waals surface area contributed by atoms with Crippen molar-refractivity contribution in [2.45, 2.75) is 0 Å². The van der Waals surface area contributed by atoms with Gasteiger partial charge < -0.3 is 31.5 Å². The van der Waals surface area contributed by atoms with Crippen molar-refractivity contribution in [3.05, 3.63) is 39.1 Å². The summed E-state index contributed by atoms with van der Waals surface area (Å²) in [5.41, 5.74) is 7.54. The number of phenolic OH excluding ortho intramolecular Hbond substituents is 1. The first-order chi connectivity index (χ1) is 12.2. The molecule has 7 N–H and O–H groups in total. The topological polar surface area (TPSA) is 215 Å². The SMILES string of the molecule is Nc1cc(N=O)cc(C(=O)Oc2c(N=O)cc(C(=O)O)c(O)c2N)c1O. The number of aromatic hydroxyl groups is 2. The van der Waals surface area contributed by atoms with Crippen molar-refractivity contribution in [2.24, 2.45) is 10.4 Å². The molecule has 0 bridgehead atoms. The van der Waals surface area contributed by atoms with Crippen molar-refractivity contribution < 1.29 is 29.6 Å². The average molecular weight is 362 g/mol. The molecule has 2 aromatic carbocycles. The number of nitrogen functional groups attached to an aromatic ring is 2. The van der Waals surface area contributed by atoms with E-state index in [0.717, 1.165) is 12.1 Å². The molecule has 12 nitrogen and oxygen atoms in total. The van der Waals surface area contributed by atoms with Crippen molar-refractivity contribution in [3.63, 3.8) is 0 Å². The number of hydrogen-bond donors (Lipinski definition) is 5. The van der Waals surface area contributed by atoms with Crippen LogP contribution in [-0.2, 0) is 0 Å². The van der Waals surface area contributed by atoms with Gasteiger partial charge in [-0.25, -0.2) is 9.59 Å². The maximum Gasteiger partial charge on any atom is 0.347 e. The fraction of sp³-hybridized carbons (Fsp3) is 0. The maximum atomic E-state index is 12.2. The predicted molar refractivity (Wildman–Crippen MR) is 87.9 cm³/mol. The Labute approximate surface area is 143 Å². The molecule has 0 saturated heterocycles. The molecule has 0 unspecified atom stereocenters. The summed E-state index contributed by atoms with van der Waals surface area (Å²) in [4.78, 5) is 44.7. The van der Waals surface area contributed by atoms with Gasteiger partial charge in [0.25, 0.3) is 0 Å². The van der Waals surface area contributed by atoms with Crippen LogP contribution in [0.2, 0.25) is 0 Å². The van der Waals surface area contributed by atoms with Gasteiger partial charge in [0.05, 0.1) is 5.69 Å². The Morgan fingerprint density at radius 3 is 2.15 bits per heavy atom. The van der Waals surface area contributed by atoms with E-state index in [1.165, 1.54) is 0 Å². The summed E-state index contributed by atoms with van der Waals surface area (Å²) in [5, 5.41) is 33.6. The molecule has 0 heterocycles. The second-order valence-corrected chi connectivity index (χ2v) is 4.84. The van der Waals surface area contributed by atoms with Crippen molar-refractivity contribution in [2.75, 3.05) is 11.5 Å². The summed E-state index contributed by atoms with van der Waals surface area (Å²) in [5.74, 6) is -5.35. The fourth-order valence-corrected chi connectivity index (χ4v) is 2.00. The number of phenols is 2. The molecule has 134 valence electrons. The smallest absolute Gasteiger partial charge is 0.347 e. The lowest BCUT2D eigenvalue weighted by Gasteiger charge is -2.13. The summed E-state index contributed by atoms with van der Waals surface area (Å²) in [6.45, 7) is 0. The van der Waals surface area contributed by atoms with Crippen LogP contribution >= 0.6 is 0 Å². The molecule has 0 aliphatic heterocycles. The quantitative estimate of drug-likeness (QED) is 0.171. The number of benzene rings is 2. The van der Waals surface area contributed by atoms with Crippen LogP contribution in [0.5, 0.6) is 17.2 Å². The summed E-state index contributed by atoms with van der Waals surface area (Å²) in [6, 6.07) is 2.50. The number of ether oxygens (including phenoxy) is 1. The van der Waals surface area contributed by atoms with Crippen LogP contribution in [0, 0.1) is 9.81 Å². The molecule has 0 aliphatic carbocycles. The zero-order chi connectivity index (χ0) is 19.6. The van der Waals surface area contributed by atoms with E-state index in [0.29, 0.717) is 6.07 Å². The number of anilines is 2. The molecule has 0 amide bonds. The maximum absolute atomic E-state index is 12.2. The fourth-order valence-electron chi connectivity index (χ4n) is 2.00. The number of aromatic carboxylic acids is 1. The van der Waals surface area contributed by atoms with Crippen LogP contribution in [-0.4, -0.2) is 27.3 Å². The van der Waals surface area contributed by atoms with E-state index in [1.807, 2.05) is 0 Å². The van der Waals surface area contributed by atoms with E-state index in [9.17, 15) is 29.6 Å². The molecule has 0 fully saturated rings. The van der Waals surface area contributed by atoms with Crippen LogP contribution < -0.4 is 16.2 Å². The molecule has 2 aromatic rings. The van der Waals surface area contributed by atoms with E-state index in [-0.39, 0.29) is 11.4 Å². The molecule has 2 rings (SSSR count). The minimum Gasteiger partial charge on any atom is -0.505 e. The first kappa shape index (κ1) is 18.1. The van der Waals surface area contributed by atoms with E-state index in [4.69, 9.17) is 21.3 Å². The number of carbonyl (C=O) groups excluding carboxylic acids is 1. The molecule has 0 atom stereocenters. The van der Waals surface area contributed by atoms with Gasteiger partial charge in [0.2, 0.25) is 0 Å². The third-order valence-electron chi connectivity index (χ3n) is 3.24. The van der Waals surface area contributed by atoms with Crippen molar-refractivity contribution in [1.82, 2.24) is 0 Å². The van der Waals surface area contributed by atoms with Gasteiger partial charge in [-0.2, -0.15) is 0 Å². The van der Waals surface area contributed by atoms with Gasteiger partial charge in [0.1, 0.15) is 22.5 Å². The lowest BCUT2D eigenvalue weighted by molar-refractivity contribution is 0.0693. The molecule has 0 aromatic heterocycles. The van der Waals surface area contributed by atoms with Crippen molar-refractivity contribution in [1.29, 1.82) is 0 Å². The minimum atomic E-state index is -1.60. The molecular weight excluding hydrogens is 352 g/mol. The van der Waals surface area contributed by atoms with E-state index < -0.39 is 51.7 Å². The van der Waals surface area contributed by atoms with Crippen LogP contribution in [0.4, 0.5) is 22.7 Å². The van der Waals surface area contributed by atoms with Crippen LogP contribution in [0.25, 0.3) is 0 Å². The number of esters is 1. The minimum absolute atomic E-state index is 0.293. The van der Waals surface area contributed by atoms with Gasteiger partial charge >= 0.3 is 11.9 Å². The Balaban J connectivity index is 2.56. The molecule has 0 saturated carbocycles. The monoisotopic (exact) mass is 362 g/mol. The Kier molecular flexibility index (Phi) is 4.68. The molecule has 12 heteroatoms. The molecule has 26 heavy (non-hydrogen) atoms. The normalized spacial score (nSPS) is 10.2. The van der Waals surface area contributed by atoms with Gasteiger partial charge in [0, 0.05) is 0 Å². The number of nitroso groups, excluding NO2 is 2. The molecule has 0 aliphatic rings. The van der Waals surface area contributed by atoms with Crippen LogP contribution in [0.3, 0.4) is 0 Å². The van der Waals surface area contributed by atoms with E-state index in [1.54, 1.807) is 0 Å². The van der Waals surface area contributed by atoms with Gasteiger partial charge in [-0.1, -0.05) is 0 Å². The number of nitrogens with two attached hydrogens (primary N) is 2. The highest BCUT2D eigenvalue weighted by Crippen LogP contribution is 2.43. The Morgan fingerprint density at radius 1 is 0.962 bits per heavy atom. The lowest BCUT2D eigenvalue weighted by atomic mass is 10.1. The number of rotatable bonds is 5. The molecule has 0 spiro atoms. The number of carboxylic acids is 1. The Morgan fingerprint density at radius 2 is 1.62 bits per heavy atom. The second-order valence-electron chi connectivity index (χ2n) is 4.84. The Hall–Kier alpha value is -4.22. The number of carboxylic acid groups (broad SMARTS) is 1. The van der Waals surface area contributed by atoms with Crippen molar-refractivity contribution in [3.8, 4) is 17.2 Å². The third kappa shape index (κ3) is 3.06. The summed E-state index contributed by atoms with van der Waals surface area (Å²) in [6.07, 6.45) is 0. The standard InChI is InChI=1S/C14H10N4O8/c15-7-2-4(17-24)1-6(10(7)19)14(23)26-12-8(18-25)3-5(13(21)22)11(20)9(12)16/h1-3,19-20H,15-16H2,(H,21,22). The summed E-state index contributed by atoms with van der Waals surface area (Å²) >= 11 is 0. The van der Waals surface area contributed by atoms with Gasteiger partial charge in [-0.15, -0.1) is 9.81 Å². The number of carbonyl (C=O) groups is 2. The third-order valence-corrected chi connectivity index (χ3v) is 3.24. The van der Waals surface area contributed by atoms with Crippen LogP contribution in [0.1, 0.15) is 20.7 Å². The highest BCUT2D eigenvalue weighted by molar-refractivity contribution is 6.00. The average Bonchev–Trinajstić information content (AvgIpc) is 2.60.